The smallest absolute Gasteiger partial charge is 0.256 e. The van der Waals surface area contributed by atoms with E-state index >= 15 is 0 Å². The molecule has 0 saturated heterocycles. The van der Waals surface area contributed by atoms with Crippen LogP contribution in [0.2, 0.25) is 0 Å². The molecule has 0 spiro atoms. The van der Waals surface area contributed by atoms with Gasteiger partial charge in [0.15, 0.2) is 6.61 Å². The van der Waals surface area contributed by atoms with Crippen LogP contribution >= 0.6 is 0 Å². The number of hydrogen-bond donors (Lipinski definition) is 1. The molecule has 0 saturated carbocycles. The number of benzene rings is 1. The highest BCUT2D eigenvalue weighted by atomic mass is 16.5. The van der Waals surface area contributed by atoms with Gasteiger partial charge in [0.2, 0.25) is 0 Å². The molecule has 0 heterocycles. The average molecular weight is 262 g/mol. The van der Waals surface area contributed by atoms with Crippen molar-refractivity contribution in [1.82, 2.24) is 0 Å². The van der Waals surface area contributed by atoms with E-state index in [9.17, 15) is 4.79 Å². The van der Waals surface area contributed by atoms with Crippen LogP contribution in [0.1, 0.15) is 20.3 Å². The number of methoxy groups -OCH3 is 1. The van der Waals surface area contributed by atoms with Gasteiger partial charge >= 0.3 is 0 Å². The van der Waals surface area contributed by atoms with E-state index in [-0.39, 0.29) is 12.5 Å². The summed E-state index contributed by atoms with van der Waals surface area (Å²) in [7, 11) is 1.52. The monoisotopic (exact) mass is 262 g/mol. The van der Waals surface area contributed by atoms with Crippen molar-refractivity contribution in [3.8, 4) is 11.8 Å². The van der Waals surface area contributed by atoms with Crippen molar-refractivity contribution in [3.63, 3.8) is 0 Å². The highest BCUT2D eigenvalue weighted by Gasteiger charge is 2.30. The van der Waals surface area contributed by atoms with Crippen molar-refractivity contribution in [2.45, 2.75) is 25.9 Å². The minimum atomic E-state index is -0.837. The Morgan fingerprint density at radius 1 is 1.42 bits per heavy atom. The fourth-order valence-electron chi connectivity index (χ4n) is 1.41. The van der Waals surface area contributed by atoms with E-state index < -0.39 is 5.60 Å². The van der Waals surface area contributed by atoms with Crippen LogP contribution in [0.15, 0.2) is 24.3 Å². The lowest BCUT2D eigenvalue weighted by Crippen LogP contribution is -2.41. The molecule has 19 heavy (non-hydrogen) atoms. The molecule has 1 rings (SSSR count). The number of nitrogens with zero attached hydrogens (tertiary/aromatic N) is 1. The SMILES string of the molecule is CCC(C)(OC)C(=O)Nc1ccc(OCC#N)cc1. The minimum absolute atomic E-state index is 0.00326. The first-order chi connectivity index (χ1) is 9.05. The van der Waals surface area contributed by atoms with E-state index in [4.69, 9.17) is 14.7 Å². The van der Waals surface area contributed by atoms with E-state index in [1.165, 1.54) is 7.11 Å². The molecule has 1 aromatic carbocycles. The average Bonchev–Trinajstić information content (AvgIpc) is 2.45. The third-order valence-electron chi connectivity index (χ3n) is 3.02. The molecule has 0 aliphatic carbocycles. The van der Waals surface area contributed by atoms with Gasteiger partial charge in [0.25, 0.3) is 5.91 Å². The highest BCUT2D eigenvalue weighted by molar-refractivity contribution is 5.97. The number of carbonyl (C=O) groups is 1. The summed E-state index contributed by atoms with van der Waals surface area (Å²) in [5.74, 6) is 0.396. The molecule has 0 radical (unpaired) electrons. The second-order valence-corrected chi connectivity index (χ2v) is 4.21. The van der Waals surface area contributed by atoms with Crippen LogP contribution in [0.5, 0.6) is 5.75 Å². The van der Waals surface area contributed by atoms with E-state index in [0.29, 0.717) is 17.9 Å². The lowest BCUT2D eigenvalue weighted by Gasteiger charge is -2.25. The predicted octanol–water partition coefficient (Wildman–Crippen LogP) is 2.34. The Balaban J connectivity index is 2.68. The zero-order valence-electron chi connectivity index (χ0n) is 11.4. The number of ether oxygens (including phenoxy) is 2. The standard InChI is InChI=1S/C14H18N2O3/c1-4-14(2,18-3)13(17)16-11-5-7-12(8-6-11)19-10-9-15/h5-8H,4,10H2,1-3H3,(H,16,17). The normalized spacial score (nSPS) is 13.2. The van der Waals surface area contributed by atoms with Crippen LogP contribution in [0.4, 0.5) is 5.69 Å². The first kappa shape index (κ1) is 15.0. The molecule has 0 fully saturated rings. The van der Waals surface area contributed by atoms with Crippen molar-refractivity contribution in [2.75, 3.05) is 19.0 Å². The van der Waals surface area contributed by atoms with Crippen molar-refractivity contribution in [3.05, 3.63) is 24.3 Å². The Kier molecular flexibility index (Phi) is 5.34. The molecule has 0 aliphatic heterocycles. The summed E-state index contributed by atoms with van der Waals surface area (Å²) in [5.41, 5.74) is -0.179. The maximum absolute atomic E-state index is 12.0. The topological polar surface area (TPSA) is 71.3 Å². The Hall–Kier alpha value is -2.06. The lowest BCUT2D eigenvalue weighted by atomic mass is 10.0. The summed E-state index contributed by atoms with van der Waals surface area (Å²) < 4.78 is 10.4. The van der Waals surface area contributed by atoms with Gasteiger partial charge in [-0.2, -0.15) is 5.26 Å². The van der Waals surface area contributed by atoms with E-state index in [1.807, 2.05) is 13.0 Å². The van der Waals surface area contributed by atoms with Crippen LogP contribution in [0.25, 0.3) is 0 Å². The molecule has 1 amide bonds. The van der Waals surface area contributed by atoms with Crippen LogP contribution in [-0.4, -0.2) is 25.2 Å². The summed E-state index contributed by atoms with van der Waals surface area (Å²) in [6.07, 6.45) is 0.582. The number of amides is 1. The molecule has 1 unspecified atom stereocenters. The number of carbonyl (C=O) groups excluding carboxylic acids is 1. The Labute approximate surface area is 113 Å². The summed E-state index contributed by atoms with van der Waals surface area (Å²) in [5, 5.41) is 11.2. The second-order valence-electron chi connectivity index (χ2n) is 4.21. The van der Waals surface area contributed by atoms with Gasteiger partial charge in [-0.05, 0) is 37.6 Å². The number of rotatable bonds is 6. The second kappa shape index (κ2) is 6.76. The molecule has 102 valence electrons. The highest BCUT2D eigenvalue weighted by Crippen LogP contribution is 2.20. The molecule has 0 aromatic heterocycles. The first-order valence-electron chi connectivity index (χ1n) is 6.02. The van der Waals surface area contributed by atoms with Gasteiger partial charge in [0.1, 0.15) is 17.4 Å². The van der Waals surface area contributed by atoms with Crippen molar-refractivity contribution in [2.24, 2.45) is 0 Å². The van der Waals surface area contributed by atoms with Gasteiger partial charge in [0, 0.05) is 12.8 Å². The third kappa shape index (κ3) is 3.97. The quantitative estimate of drug-likeness (QED) is 0.854. The molecule has 0 bridgehead atoms. The maximum Gasteiger partial charge on any atom is 0.256 e. The molecule has 1 atom stereocenters. The summed E-state index contributed by atoms with van der Waals surface area (Å²) >= 11 is 0. The molecule has 0 aliphatic rings. The number of nitrogens with one attached hydrogen (secondary N) is 1. The van der Waals surface area contributed by atoms with Crippen molar-refractivity contribution < 1.29 is 14.3 Å². The first-order valence-corrected chi connectivity index (χ1v) is 6.02. The van der Waals surface area contributed by atoms with Gasteiger partial charge in [-0.15, -0.1) is 0 Å². The number of hydrogen-bond acceptors (Lipinski definition) is 4. The van der Waals surface area contributed by atoms with Gasteiger partial charge in [-0.1, -0.05) is 6.92 Å². The molecule has 5 heteroatoms. The van der Waals surface area contributed by atoms with Crippen molar-refractivity contribution in [1.29, 1.82) is 5.26 Å². The van der Waals surface area contributed by atoms with E-state index in [1.54, 1.807) is 31.2 Å². The van der Waals surface area contributed by atoms with E-state index in [0.717, 1.165) is 0 Å². The minimum Gasteiger partial charge on any atom is -0.479 e. The lowest BCUT2D eigenvalue weighted by molar-refractivity contribution is -0.136. The zero-order chi connectivity index (χ0) is 14.3. The summed E-state index contributed by atoms with van der Waals surface area (Å²) in [6.45, 7) is 3.64. The van der Waals surface area contributed by atoms with Crippen LogP contribution < -0.4 is 10.1 Å². The zero-order valence-corrected chi connectivity index (χ0v) is 11.4. The van der Waals surface area contributed by atoms with E-state index in [2.05, 4.69) is 5.32 Å². The predicted molar refractivity (Wildman–Crippen MR) is 71.9 cm³/mol. The number of anilines is 1. The van der Waals surface area contributed by atoms with Crippen LogP contribution in [0, 0.1) is 11.3 Å². The molecular weight excluding hydrogens is 244 g/mol. The van der Waals surface area contributed by atoms with Gasteiger partial charge < -0.3 is 14.8 Å². The molecular formula is C14H18N2O3. The largest absolute Gasteiger partial charge is 0.479 e. The van der Waals surface area contributed by atoms with Crippen LogP contribution in [0.3, 0.4) is 0 Å². The molecule has 5 nitrogen and oxygen atoms in total. The summed E-state index contributed by atoms with van der Waals surface area (Å²) in [6, 6.07) is 8.72. The maximum atomic E-state index is 12.0. The third-order valence-corrected chi connectivity index (χ3v) is 3.02. The van der Waals surface area contributed by atoms with Gasteiger partial charge in [0.05, 0.1) is 0 Å². The number of nitriles is 1. The molecule has 1 N–H and O–H groups in total. The Morgan fingerprint density at radius 2 is 2.05 bits per heavy atom. The fourth-order valence-corrected chi connectivity index (χ4v) is 1.41. The van der Waals surface area contributed by atoms with Gasteiger partial charge in [-0.3, -0.25) is 4.79 Å². The molecule has 1 aromatic rings. The summed E-state index contributed by atoms with van der Waals surface area (Å²) in [4.78, 5) is 12.0. The Bertz CT molecular complexity index is 459. The fraction of sp³-hybridized carbons (Fsp3) is 0.429. The Morgan fingerprint density at radius 3 is 2.53 bits per heavy atom. The van der Waals surface area contributed by atoms with Crippen molar-refractivity contribution >= 4 is 11.6 Å². The van der Waals surface area contributed by atoms with Gasteiger partial charge in [-0.25, -0.2) is 0 Å². The van der Waals surface area contributed by atoms with Crippen LogP contribution in [-0.2, 0) is 9.53 Å².